The fourth-order valence-electron chi connectivity index (χ4n) is 2.67. The Morgan fingerprint density at radius 1 is 1.10 bits per heavy atom. The van der Waals surface area contributed by atoms with Crippen molar-refractivity contribution in [1.29, 1.82) is 0 Å². The number of benzene rings is 2. The zero-order chi connectivity index (χ0) is 15.1. The van der Waals surface area contributed by atoms with Gasteiger partial charge in [0.2, 0.25) is 0 Å². The van der Waals surface area contributed by atoms with Gasteiger partial charge >= 0.3 is 0 Å². The van der Waals surface area contributed by atoms with Gasteiger partial charge < -0.3 is 4.57 Å². The number of aryl methyl sites for hydroxylation is 2. The van der Waals surface area contributed by atoms with Crippen molar-refractivity contribution in [3.05, 3.63) is 67.7 Å². The largest absolute Gasteiger partial charge is 0.347 e. The van der Waals surface area contributed by atoms with Crippen LogP contribution in [0.25, 0.3) is 10.9 Å². The second-order valence-electron chi connectivity index (χ2n) is 5.23. The highest BCUT2D eigenvalue weighted by molar-refractivity contribution is 9.10. The van der Waals surface area contributed by atoms with E-state index >= 15 is 0 Å². The lowest BCUT2D eigenvalue weighted by atomic mass is 10.1. The van der Waals surface area contributed by atoms with Crippen LogP contribution in [-0.4, -0.2) is 4.57 Å². The highest BCUT2D eigenvalue weighted by atomic mass is 79.9. The van der Waals surface area contributed by atoms with Crippen LogP contribution < -0.4 is 0 Å². The SMILES string of the molecule is Cc1cc(Br)cc2c1cc(Cc1c(Cl)cccc1Cl)n2C. The Morgan fingerprint density at radius 3 is 2.43 bits per heavy atom. The van der Waals surface area contributed by atoms with Crippen LogP contribution in [-0.2, 0) is 13.5 Å². The van der Waals surface area contributed by atoms with Gasteiger partial charge in [-0.05, 0) is 48.4 Å². The lowest BCUT2D eigenvalue weighted by Gasteiger charge is -2.08. The molecule has 21 heavy (non-hydrogen) atoms. The minimum atomic E-state index is 0.714. The standard InChI is InChI=1S/C17H14BrCl2N/c1-10-6-11(18)7-17-13(10)8-12(21(17)2)9-14-15(19)4-3-5-16(14)20/h3-8H,9H2,1-2H3. The van der Waals surface area contributed by atoms with Crippen molar-refractivity contribution in [3.63, 3.8) is 0 Å². The van der Waals surface area contributed by atoms with E-state index in [0.717, 1.165) is 16.5 Å². The summed E-state index contributed by atoms with van der Waals surface area (Å²) in [5.41, 5.74) is 4.64. The number of halogens is 3. The molecule has 0 bridgehead atoms. The number of hydrogen-bond acceptors (Lipinski definition) is 0. The number of rotatable bonds is 2. The molecule has 1 aromatic heterocycles. The molecule has 0 aliphatic heterocycles. The van der Waals surface area contributed by atoms with E-state index in [-0.39, 0.29) is 0 Å². The van der Waals surface area contributed by atoms with Crippen molar-refractivity contribution < 1.29 is 0 Å². The zero-order valence-electron chi connectivity index (χ0n) is 11.8. The summed E-state index contributed by atoms with van der Waals surface area (Å²) in [4.78, 5) is 0. The molecule has 0 amide bonds. The Hall–Kier alpha value is -0.960. The molecule has 0 spiro atoms. The molecule has 0 aliphatic carbocycles. The Bertz CT molecular complexity index is 816. The summed E-state index contributed by atoms with van der Waals surface area (Å²) in [6.45, 7) is 2.12. The predicted molar refractivity (Wildman–Crippen MR) is 94.6 cm³/mol. The molecule has 2 aromatic carbocycles. The van der Waals surface area contributed by atoms with E-state index in [0.29, 0.717) is 10.0 Å². The van der Waals surface area contributed by atoms with Crippen LogP contribution in [0.3, 0.4) is 0 Å². The van der Waals surface area contributed by atoms with Gasteiger partial charge in [0, 0.05) is 44.6 Å². The van der Waals surface area contributed by atoms with Crippen LogP contribution in [0.4, 0.5) is 0 Å². The molecular weight excluding hydrogens is 369 g/mol. The molecule has 0 unspecified atom stereocenters. The van der Waals surface area contributed by atoms with E-state index in [1.54, 1.807) is 0 Å². The molecule has 1 heterocycles. The number of aromatic nitrogens is 1. The maximum Gasteiger partial charge on any atom is 0.0494 e. The number of hydrogen-bond donors (Lipinski definition) is 0. The molecule has 1 nitrogen and oxygen atoms in total. The van der Waals surface area contributed by atoms with Gasteiger partial charge in [-0.15, -0.1) is 0 Å². The van der Waals surface area contributed by atoms with E-state index in [2.05, 4.69) is 52.7 Å². The fraction of sp³-hybridized carbons (Fsp3) is 0.176. The van der Waals surface area contributed by atoms with Crippen LogP contribution >= 0.6 is 39.1 Å². The zero-order valence-corrected chi connectivity index (χ0v) is 14.9. The second-order valence-corrected chi connectivity index (χ2v) is 6.96. The lowest BCUT2D eigenvalue weighted by molar-refractivity contribution is 0.880. The Labute approximate surface area is 142 Å². The third kappa shape index (κ3) is 2.73. The molecule has 0 saturated carbocycles. The second kappa shape index (κ2) is 5.68. The lowest BCUT2D eigenvalue weighted by Crippen LogP contribution is -1.98. The van der Waals surface area contributed by atoms with Crippen molar-refractivity contribution in [1.82, 2.24) is 4.57 Å². The van der Waals surface area contributed by atoms with Crippen LogP contribution in [0.2, 0.25) is 10.0 Å². The number of nitrogens with zero attached hydrogens (tertiary/aromatic N) is 1. The normalized spacial score (nSPS) is 11.3. The van der Waals surface area contributed by atoms with E-state index in [4.69, 9.17) is 23.2 Å². The average molecular weight is 383 g/mol. The summed E-state index contributed by atoms with van der Waals surface area (Å²) >= 11 is 16.1. The molecule has 0 fully saturated rings. The Balaban J connectivity index is 2.14. The summed E-state index contributed by atoms with van der Waals surface area (Å²) in [6.07, 6.45) is 0.723. The third-order valence-electron chi connectivity index (χ3n) is 3.85. The van der Waals surface area contributed by atoms with Gasteiger partial charge in [-0.3, -0.25) is 0 Å². The average Bonchev–Trinajstić information content (AvgIpc) is 2.72. The summed E-state index contributed by atoms with van der Waals surface area (Å²) in [5.74, 6) is 0. The van der Waals surface area contributed by atoms with Crippen molar-refractivity contribution in [2.75, 3.05) is 0 Å². The first-order valence-electron chi connectivity index (χ1n) is 6.64. The monoisotopic (exact) mass is 381 g/mol. The van der Waals surface area contributed by atoms with Gasteiger partial charge in [-0.25, -0.2) is 0 Å². The van der Waals surface area contributed by atoms with Crippen molar-refractivity contribution >= 4 is 50.0 Å². The van der Waals surface area contributed by atoms with E-state index in [1.807, 2.05) is 18.2 Å². The number of fused-ring (bicyclic) bond motifs is 1. The summed E-state index contributed by atoms with van der Waals surface area (Å²) < 4.78 is 3.29. The fourth-order valence-corrected chi connectivity index (χ4v) is 3.76. The molecule has 3 aromatic rings. The Kier molecular flexibility index (Phi) is 4.04. The van der Waals surface area contributed by atoms with Crippen molar-refractivity contribution in [2.45, 2.75) is 13.3 Å². The maximum absolute atomic E-state index is 6.29. The topological polar surface area (TPSA) is 4.93 Å². The smallest absolute Gasteiger partial charge is 0.0494 e. The van der Waals surface area contributed by atoms with Crippen molar-refractivity contribution in [2.24, 2.45) is 7.05 Å². The predicted octanol–water partition coefficient (Wildman–Crippen LogP) is 6.15. The first-order valence-corrected chi connectivity index (χ1v) is 8.19. The molecule has 0 atom stereocenters. The molecule has 0 radical (unpaired) electrons. The highest BCUT2D eigenvalue weighted by Crippen LogP contribution is 2.31. The highest BCUT2D eigenvalue weighted by Gasteiger charge is 2.12. The van der Waals surface area contributed by atoms with Gasteiger partial charge in [0.25, 0.3) is 0 Å². The molecule has 3 rings (SSSR count). The van der Waals surface area contributed by atoms with E-state index in [1.165, 1.54) is 22.2 Å². The third-order valence-corrected chi connectivity index (χ3v) is 5.02. The van der Waals surface area contributed by atoms with Crippen LogP contribution in [0, 0.1) is 6.92 Å². The first kappa shape index (κ1) is 15.0. The molecule has 0 N–H and O–H groups in total. The summed E-state index contributed by atoms with van der Waals surface area (Å²) in [6, 6.07) is 12.1. The van der Waals surface area contributed by atoms with Crippen LogP contribution in [0.5, 0.6) is 0 Å². The first-order chi connectivity index (χ1) is 9.97. The van der Waals surface area contributed by atoms with Gasteiger partial charge in [0.15, 0.2) is 0 Å². The molecule has 108 valence electrons. The van der Waals surface area contributed by atoms with Gasteiger partial charge in [0.1, 0.15) is 0 Å². The van der Waals surface area contributed by atoms with Crippen molar-refractivity contribution in [3.8, 4) is 0 Å². The van der Waals surface area contributed by atoms with E-state index in [9.17, 15) is 0 Å². The minimum Gasteiger partial charge on any atom is -0.347 e. The van der Waals surface area contributed by atoms with Gasteiger partial charge in [-0.1, -0.05) is 45.2 Å². The van der Waals surface area contributed by atoms with Crippen LogP contribution in [0.1, 0.15) is 16.8 Å². The quantitative estimate of drug-likeness (QED) is 0.501. The molecule has 0 aliphatic rings. The van der Waals surface area contributed by atoms with Crippen LogP contribution in [0.15, 0.2) is 40.9 Å². The van der Waals surface area contributed by atoms with Gasteiger partial charge in [-0.2, -0.15) is 0 Å². The molecular formula is C17H14BrCl2N. The maximum atomic E-state index is 6.29. The summed E-state index contributed by atoms with van der Waals surface area (Å²) in [7, 11) is 2.08. The van der Waals surface area contributed by atoms with Gasteiger partial charge in [0.05, 0.1) is 0 Å². The summed E-state index contributed by atoms with van der Waals surface area (Å²) in [5, 5.41) is 2.69. The minimum absolute atomic E-state index is 0.714. The molecule has 0 saturated heterocycles. The molecule has 4 heteroatoms. The Morgan fingerprint density at radius 2 is 1.76 bits per heavy atom. The van der Waals surface area contributed by atoms with E-state index < -0.39 is 0 Å².